The highest BCUT2D eigenvalue weighted by atomic mass is 16.6. The van der Waals surface area contributed by atoms with Crippen LogP contribution in [0.1, 0.15) is 0 Å². The highest BCUT2D eigenvalue weighted by Crippen LogP contribution is 2.08. The van der Waals surface area contributed by atoms with Gasteiger partial charge in [-0.25, -0.2) is 0 Å². The summed E-state index contributed by atoms with van der Waals surface area (Å²) >= 11 is 0. The van der Waals surface area contributed by atoms with Gasteiger partial charge in [0, 0.05) is 11.6 Å². The van der Waals surface area contributed by atoms with Gasteiger partial charge in [0.15, 0.2) is 0 Å². The largest absolute Gasteiger partial charge is 0.405 e. The Bertz CT molecular complexity index is 264. The summed E-state index contributed by atoms with van der Waals surface area (Å²) in [4.78, 5) is 9.82. The van der Waals surface area contributed by atoms with Gasteiger partial charge in [-0.2, -0.15) is 0 Å². The van der Waals surface area contributed by atoms with Crippen LogP contribution in [0.4, 0.5) is 0 Å². The standard InChI is InChI=1S/C8H10N2O2/c1-3-7(2)8(10(11)12)5-4-6-9/h3-6H,1-2,9H2/b6-4-,8-5+. The average molecular weight is 166 g/mol. The fourth-order valence-corrected chi connectivity index (χ4v) is 0.536. The first-order chi connectivity index (χ1) is 5.63. The lowest BCUT2D eigenvalue weighted by Gasteiger charge is -1.93. The van der Waals surface area contributed by atoms with Crippen LogP contribution in [-0.2, 0) is 0 Å². The second kappa shape index (κ2) is 4.90. The van der Waals surface area contributed by atoms with Crippen LogP contribution in [0.5, 0.6) is 0 Å². The number of nitrogens with two attached hydrogens (primary N) is 1. The number of nitro groups is 1. The van der Waals surface area contributed by atoms with Crippen LogP contribution in [0.2, 0.25) is 0 Å². The van der Waals surface area contributed by atoms with Crippen LogP contribution in [-0.4, -0.2) is 4.92 Å². The van der Waals surface area contributed by atoms with E-state index in [1.807, 2.05) is 0 Å². The van der Waals surface area contributed by atoms with Gasteiger partial charge in [0.05, 0.1) is 4.92 Å². The Morgan fingerprint density at radius 2 is 2.17 bits per heavy atom. The Morgan fingerprint density at radius 1 is 1.58 bits per heavy atom. The number of hydrogen-bond donors (Lipinski definition) is 1. The molecule has 0 aliphatic heterocycles. The molecule has 0 spiro atoms. The van der Waals surface area contributed by atoms with Crippen molar-refractivity contribution in [1.29, 1.82) is 0 Å². The van der Waals surface area contributed by atoms with Crippen LogP contribution < -0.4 is 5.73 Å². The Hall–Kier alpha value is -1.84. The van der Waals surface area contributed by atoms with Crippen LogP contribution >= 0.6 is 0 Å². The van der Waals surface area contributed by atoms with Crippen LogP contribution in [0.15, 0.2) is 48.9 Å². The smallest absolute Gasteiger partial charge is 0.276 e. The van der Waals surface area contributed by atoms with E-state index in [0.717, 1.165) is 0 Å². The van der Waals surface area contributed by atoms with E-state index >= 15 is 0 Å². The van der Waals surface area contributed by atoms with E-state index in [1.54, 1.807) is 0 Å². The second-order valence-corrected chi connectivity index (χ2v) is 1.92. The minimum atomic E-state index is -0.538. The lowest BCUT2D eigenvalue weighted by Crippen LogP contribution is -1.99. The van der Waals surface area contributed by atoms with E-state index in [0.29, 0.717) is 0 Å². The van der Waals surface area contributed by atoms with Gasteiger partial charge in [-0.15, -0.1) is 0 Å². The van der Waals surface area contributed by atoms with Crippen molar-refractivity contribution in [2.24, 2.45) is 5.73 Å². The summed E-state index contributed by atoms with van der Waals surface area (Å²) in [6, 6.07) is 0. The van der Waals surface area contributed by atoms with Crippen LogP contribution in [0.3, 0.4) is 0 Å². The Kier molecular flexibility index (Phi) is 4.15. The first-order valence-electron chi connectivity index (χ1n) is 3.18. The monoisotopic (exact) mass is 166 g/mol. The number of rotatable bonds is 4. The Labute approximate surface area is 70.5 Å². The average Bonchev–Trinajstić information content (AvgIpc) is 2.04. The van der Waals surface area contributed by atoms with E-state index in [1.165, 1.54) is 24.4 Å². The number of hydrogen-bond acceptors (Lipinski definition) is 3. The maximum Gasteiger partial charge on any atom is 0.276 e. The van der Waals surface area contributed by atoms with Crippen molar-refractivity contribution in [1.82, 2.24) is 0 Å². The first kappa shape index (κ1) is 10.2. The van der Waals surface area contributed by atoms with Gasteiger partial charge in [-0.1, -0.05) is 19.2 Å². The topological polar surface area (TPSA) is 69.2 Å². The quantitative estimate of drug-likeness (QED) is 0.389. The summed E-state index contributed by atoms with van der Waals surface area (Å²) < 4.78 is 0. The predicted octanol–water partition coefficient (Wildman–Crippen LogP) is 1.36. The normalized spacial score (nSPS) is 11.5. The molecule has 0 radical (unpaired) electrons. The molecule has 0 aliphatic carbocycles. The summed E-state index contributed by atoms with van der Waals surface area (Å²) in [6.07, 6.45) is 5.16. The molecule has 0 unspecified atom stereocenters. The van der Waals surface area contributed by atoms with E-state index in [-0.39, 0.29) is 11.3 Å². The van der Waals surface area contributed by atoms with Crippen molar-refractivity contribution < 1.29 is 4.92 Å². The van der Waals surface area contributed by atoms with Crippen LogP contribution in [0.25, 0.3) is 0 Å². The maximum atomic E-state index is 10.4. The third-order valence-electron chi connectivity index (χ3n) is 1.14. The molecule has 12 heavy (non-hydrogen) atoms. The van der Waals surface area contributed by atoms with E-state index < -0.39 is 4.92 Å². The highest BCUT2D eigenvalue weighted by Gasteiger charge is 2.10. The fraction of sp³-hybridized carbons (Fsp3) is 0. The Morgan fingerprint density at radius 3 is 2.50 bits per heavy atom. The maximum absolute atomic E-state index is 10.4. The summed E-state index contributed by atoms with van der Waals surface area (Å²) in [5, 5.41) is 10.4. The molecule has 0 aromatic heterocycles. The summed E-state index contributed by atoms with van der Waals surface area (Å²) in [6.45, 7) is 6.82. The molecule has 64 valence electrons. The van der Waals surface area contributed by atoms with Crippen LogP contribution in [0, 0.1) is 10.1 Å². The molecule has 2 N–H and O–H groups in total. The molecular formula is C8H10N2O2. The van der Waals surface area contributed by atoms with Gasteiger partial charge in [0.25, 0.3) is 5.70 Å². The van der Waals surface area contributed by atoms with Crippen molar-refractivity contribution in [3.05, 3.63) is 59.0 Å². The lowest BCUT2D eigenvalue weighted by molar-refractivity contribution is -0.420. The van der Waals surface area contributed by atoms with E-state index in [9.17, 15) is 10.1 Å². The van der Waals surface area contributed by atoms with Crippen molar-refractivity contribution in [2.45, 2.75) is 0 Å². The van der Waals surface area contributed by atoms with Gasteiger partial charge in [-0.05, 0) is 12.3 Å². The first-order valence-corrected chi connectivity index (χ1v) is 3.18. The van der Waals surface area contributed by atoms with Crippen molar-refractivity contribution in [3.63, 3.8) is 0 Å². The summed E-state index contributed by atoms with van der Waals surface area (Å²) in [5.41, 5.74) is 5.17. The molecule has 0 fully saturated rings. The van der Waals surface area contributed by atoms with E-state index in [2.05, 4.69) is 13.2 Å². The number of allylic oxidation sites excluding steroid dienone is 3. The van der Waals surface area contributed by atoms with E-state index in [4.69, 9.17) is 5.73 Å². The predicted molar refractivity (Wildman–Crippen MR) is 47.7 cm³/mol. The molecule has 0 bridgehead atoms. The second-order valence-electron chi connectivity index (χ2n) is 1.92. The summed E-state index contributed by atoms with van der Waals surface area (Å²) in [5.74, 6) is 0. The number of nitrogens with zero attached hydrogens (tertiary/aromatic N) is 1. The van der Waals surface area contributed by atoms with Crippen molar-refractivity contribution in [3.8, 4) is 0 Å². The van der Waals surface area contributed by atoms with Gasteiger partial charge in [-0.3, -0.25) is 10.1 Å². The van der Waals surface area contributed by atoms with Crippen molar-refractivity contribution in [2.75, 3.05) is 0 Å². The highest BCUT2D eigenvalue weighted by molar-refractivity contribution is 5.33. The zero-order valence-corrected chi connectivity index (χ0v) is 6.56. The van der Waals surface area contributed by atoms with Gasteiger partial charge in [0.1, 0.15) is 0 Å². The molecule has 0 aromatic rings. The molecule has 4 nitrogen and oxygen atoms in total. The SMILES string of the molecule is C=CC(=C)/C(=C\C=C/N)[N+](=O)[O-]. The van der Waals surface area contributed by atoms with Gasteiger partial charge in [0.2, 0.25) is 0 Å². The third-order valence-corrected chi connectivity index (χ3v) is 1.14. The summed E-state index contributed by atoms with van der Waals surface area (Å²) in [7, 11) is 0. The molecule has 0 rings (SSSR count). The lowest BCUT2D eigenvalue weighted by atomic mass is 10.2. The Balaban J connectivity index is 4.78. The van der Waals surface area contributed by atoms with Crippen molar-refractivity contribution >= 4 is 0 Å². The molecule has 0 saturated carbocycles. The molecule has 0 aromatic carbocycles. The minimum absolute atomic E-state index is 0.105. The molecule has 0 amide bonds. The molecule has 0 aliphatic rings. The fourth-order valence-electron chi connectivity index (χ4n) is 0.536. The van der Waals surface area contributed by atoms with Gasteiger partial charge < -0.3 is 5.73 Å². The molecular weight excluding hydrogens is 156 g/mol. The zero-order valence-electron chi connectivity index (χ0n) is 6.56. The third kappa shape index (κ3) is 2.83. The zero-order chi connectivity index (χ0) is 9.56. The molecule has 0 saturated heterocycles. The molecule has 0 atom stereocenters. The molecule has 4 heteroatoms. The minimum Gasteiger partial charge on any atom is -0.405 e. The molecule has 0 heterocycles. The van der Waals surface area contributed by atoms with Gasteiger partial charge >= 0.3 is 0 Å².